The minimum Gasteiger partial charge on any atom is -0.281 e. The van der Waals surface area contributed by atoms with Crippen LogP contribution in [0.4, 0.5) is 8.78 Å². The first-order valence-corrected chi connectivity index (χ1v) is 4.47. The summed E-state index contributed by atoms with van der Waals surface area (Å²) in [6, 6.07) is 2.90. The summed E-state index contributed by atoms with van der Waals surface area (Å²) in [7, 11) is 0. The van der Waals surface area contributed by atoms with Gasteiger partial charge in [-0.05, 0) is 12.1 Å². The van der Waals surface area contributed by atoms with Gasteiger partial charge in [0, 0.05) is 11.8 Å². The molecule has 0 saturated heterocycles. The summed E-state index contributed by atoms with van der Waals surface area (Å²) in [6.07, 6.45) is 0. The van der Waals surface area contributed by atoms with Crippen molar-refractivity contribution in [2.75, 3.05) is 0 Å². The Morgan fingerprint density at radius 3 is 2.69 bits per heavy atom. The van der Waals surface area contributed by atoms with Crippen molar-refractivity contribution in [3.05, 3.63) is 41.1 Å². The van der Waals surface area contributed by atoms with Gasteiger partial charge in [0.15, 0.2) is 0 Å². The van der Waals surface area contributed by atoms with E-state index in [0.717, 1.165) is 23.9 Å². The van der Waals surface area contributed by atoms with Gasteiger partial charge in [0.1, 0.15) is 11.6 Å². The van der Waals surface area contributed by atoms with Crippen molar-refractivity contribution in [2.24, 2.45) is 0 Å². The highest BCUT2D eigenvalue weighted by molar-refractivity contribution is 8.15. The molecule has 1 radical (unpaired) electrons. The zero-order valence-corrected chi connectivity index (χ0v) is 7.70. The molecule has 1 aromatic rings. The number of carbonyl (C=O) groups excluding carboxylic acids is 1. The molecule has 0 fully saturated rings. The smallest absolute Gasteiger partial charge is 0.222 e. The first kappa shape index (κ1) is 10.2. The Hall–Kier alpha value is -0.900. The molecule has 0 spiro atoms. The normalized spacial score (nSPS) is 10.1. The number of benzene rings is 1. The van der Waals surface area contributed by atoms with E-state index in [1.165, 1.54) is 0 Å². The number of hydrogen-bond donors (Lipinski definition) is 0. The molecular weight excluding hydrogens is 194 g/mol. The Morgan fingerprint density at radius 2 is 2.15 bits per heavy atom. The van der Waals surface area contributed by atoms with Crippen molar-refractivity contribution in [3.8, 4) is 0 Å². The third kappa shape index (κ3) is 2.52. The number of hydrogen-bond acceptors (Lipinski definition) is 2. The fraction of sp³-hybridized carbons (Fsp3) is 0.111. The summed E-state index contributed by atoms with van der Waals surface area (Å²) < 4.78 is 25.4. The highest BCUT2D eigenvalue weighted by Crippen LogP contribution is 2.18. The van der Waals surface area contributed by atoms with Crippen molar-refractivity contribution < 1.29 is 13.6 Å². The van der Waals surface area contributed by atoms with Crippen molar-refractivity contribution in [1.82, 2.24) is 0 Å². The van der Waals surface area contributed by atoms with Gasteiger partial charge >= 0.3 is 0 Å². The molecule has 0 bridgehead atoms. The molecule has 0 aliphatic carbocycles. The molecule has 0 N–H and O–H groups in total. The summed E-state index contributed by atoms with van der Waals surface area (Å²) >= 11 is 0.878. The summed E-state index contributed by atoms with van der Waals surface area (Å²) in [6.45, 7) is 1.67. The van der Waals surface area contributed by atoms with Crippen LogP contribution in [0.5, 0.6) is 0 Å². The Balaban J connectivity index is 2.95. The van der Waals surface area contributed by atoms with Crippen LogP contribution in [0, 0.1) is 17.4 Å². The molecule has 0 aliphatic rings. The van der Waals surface area contributed by atoms with Crippen LogP contribution in [0.15, 0.2) is 18.2 Å². The molecule has 0 amide bonds. The van der Waals surface area contributed by atoms with Gasteiger partial charge in [0.2, 0.25) is 5.12 Å². The Morgan fingerprint density at radius 1 is 1.46 bits per heavy atom. The molecule has 4 heteroatoms. The highest BCUT2D eigenvalue weighted by atomic mass is 32.2. The maximum atomic E-state index is 12.9. The first-order chi connectivity index (χ1) is 6.15. The van der Waals surface area contributed by atoms with E-state index in [1.54, 1.807) is 12.7 Å². The van der Waals surface area contributed by atoms with E-state index < -0.39 is 16.7 Å². The SMILES string of the molecule is C[CH]SC(=O)c1ccc(F)cc1F. The third-order valence-corrected chi connectivity index (χ3v) is 2.05. The molecule has 1 nitrogen and oxygen atoms in total. The van der Waals surface area contributed by atoms with Crippen molar-refractivity contribution in [3.63, 3.8) is 0 Å². The summed E-state index contributed by atoms with van der Waals surface area (Å²) in [5.74, 6) is 0.0457. The average molecular weight is 201 g/mol. The van der Waals surface area contributed by atoms with Crippen LogP contribution in [0.25, 0.3) is 0 Å². The number of carbonyl (C=O) groups is 1. The Labute approximate surface area is 79.1 Å². The minimum atomic E-state index is -0.820. The van der Waals surface area contributed by atoms with Gasteiger partial charge in [-0.2, -0.15) is 0 Å². The maximum Gasteiger partial charge on any atom is 0.222 e. The van der Waals surface area contributed by atoms with Crippen LogP contribution in [-0.4, -0.2) is 5.12 Å². The van der Waals surface area contributed by atoms with Crippen molar-refractivity contribution in [2.45, 2.75) is 6.92 Å². The van der Waals surface area contributed by atoms with Crippen LogP contribution in [0.2, 0.25) is 0 Å². The van der Waals surface area contributed by atoms with Gasteiger partial charge in [-0.25, -0.2) is 8.78 Å². The second kappa shape index (κ2) is 4.37. The van der Waals surface area contributed by atoms with Crippen molar-refractivity contribution in [1.29, 1.82) is 0 Å². The molecule has 0 aromatic heterocycles. The van der Waals surface area contributed by atoms with E-state index in [4.69, 9.17) is 0 Å². The van der Waals surface area contributed by atoms with E-state index >= 15 is 0 Å². The summed E-state index contributed by atoms with van der Waals surface area (Å²) in [4.78, 5) is 11.1. The monoisotopic (exact) mass is 201 g/mol. The van der Waals surface area contributed by atoms with Crippen LogP contribution in [-0.2, 0) is 0 Å². The predicted molar refractivity (Wildman–Crippen MR) is 48.3 cm³/mol. The largest absolute Gasteiger partial charge is 0.281 e. The van der Waals surface area contributed by atoms with Gasteiger partial charge in [-0.1, -0.05) is 18.7 Å². The second-order valence-corrected chi connectivity index (χ2v) is 3.34. The van der Waals surface area contributed by atoms with Gasteiger partial charge in [-0.3, -0.25) is 4.79 Å². The van der Waals surface area contributed by atoms with Gasteiger partial charge in [-0.15, -0.1) is 0 Å². The molecule has 13 heavy (non-hydrogen) atoms. The van der Waals surface area contributed by atoms with Crippen LogP contribution < -0.4 is 0 Å². The van der Waals surface area contributed by atoms with Gasteiger partial charge in [0.05, 0.1) is 5.56 Å². The number of rotatable bonds is 2. The topological polar surface area (TPSA) is 17.1 Å². The lowest BCUT2D eigenvalue weighted by molar-refractivity contribution is 0.108. The lowest BCUT2D eigenvalue weighted by Crippen LogP contribution is -1.97. The molecule has 1 aromatic carbocycles. The van der Waals surface area contributed by atoms with Gasteiger partial charge < -0.3 is 0 Å². The van der Waals surface area contributed by atoms with E-state index in [1.807, 2.05) is 0 Å². The lowest BCUT2D eigenvalue weighted by atomic mass is 10.2. The quantitative estimate of drug-likeness (QED) is 0.731. The zero-order valence-electron chi connectivity index (χ0n) is 6.88. The van der Waals surface area contributed by atoms with E-state index in [9.17, 15) is 13.6 Å². The predicted octanol–water partition coefficient (Wildman–Crippen LogP) is 3.02. The molecule has 0 aliphatic heterocycles. The van der Waals surface area contributed by atoms with Crippen molar-refractivity contribution >= 4 is 16.9 Å². The fourth-order valence-electron chi connectivity index (χ4n) is 0.826. The highest BCUT2D eigenvalue weighted by Gasteiger charge is 2.11. The molecule has 1 rings (SSSR count). The molecule has 0 atom stereocenters. The summed E-state index contributed by atoms with van der Waals surface area (Å²) in [5.41, 5.74) is -0.0931. The summed E-state index contributed by atoms with van der Waals surface area (Å²) in [5, 5.41) is -0.417. The molecule has 0 unspecified atom stereocenters. The Bertz CT molecular complexity index is 325. The molecule has 0 heterocycles. The van der Waals surface area contributed by atoms with Crippen LogP contribution in [0.3, 0.4) is 0 Å². The first-order valence-electron chi connectivity index (χ1n) is 3.59. The van der Waals surface area contributed by atoms with Crippen LogP contribution in [0.1, 0.15) is 17.3 Å². The van der Waals surface area contributed by atoms with E-state index in [0.29, 0.717) is 6.07 Å². The maximum absolute atomic E-state index is 12.9. The second-order valence-electron chi connectivity index (χ2n) is 2.27. The Kier molecular flexibility index (Phi) is 3.42. The van der Waals surface area contributed by atoms with E-state index in [2.05, 4.69) is 0 Å². The number of halogens is 2. The van der Waals surface area contributed by atoms with Gasteiger partial charge in [0.25, 0.3) is 0 Å². The van der Waals surface area contributed by atoms with E-state index in [-0.39, 0.29) is 5.56 Å². The minimum absolute atomic E-state index is 0.0931. The number of thioether (sulfide) groups is 1. The average Bonchev–Trinajstić information content (AvgIpc) is 2.04. The molecule has 69 valence electrons. The zero-order chi connectivity index (χ0) is 9.84. The molecule has 0 saturated carbocycles. The van der Waals surface area contributed by atoms with Crippen LogP contribution >= 0.6 is 11.8 Å². The third-order valence-electron chi connectivity index (χ3n) is 1.38. The fourth-order valence-corrected chi connectivity index (χ4v) is 1.33. The molecular formula is C9H7F2OS. The lowest BCUT2D eigenvalue weighted by Gasteiger charge is -1.99. The standard InChI is InChI=1S/C9H7F2OS/c1-2-13-9(12)7-4-3-6(10)5-8(7)11/h2-5H,1H3.